The largest absolute Gasteiger partial charge is 0.501 e. The zero-order valence-corrected chi connectivity index (χ0v) is 15.6. The summed E-state index contributed by atoms with van der Waals surface area (Å²) >= 11 is 0. The number of aryl methyl sites for hydroxylation is 1. The quantitative estimate of drug-likeness (QED) is 0.764. The third-order valence-corrected chi connectivity index (χ3v) is 5.22. The van der Waals surface area contributed by atoms with Crippen LogP contribution in [0.5, 0.6) is 5.75 Å². The highest BCUT2D eigenvalue weighted by Gasteiger charge is 2.53. The summed E-state index contributed by atoms with van der Waals surface area (Å²) in [6.07, 6.45) is 0.947. The van der Waals surface area contributed by atoms with Crippen molar-refractivity contribution in [2.45, 2.75) is 39.3 Å². The monoisotopic (exact) mass is 363 g/mol. The van der Waals surface area contributed by atoms with Crippen LogP contribution in [-0.4, -0.2) is 39.8 Å². The number of carbonyl (C=O) groups excluding carboxylic acids is 2. The van der Waals surface area contributed by atoms with Crippen LogP contribution in [0.15, 0.2) is 48.5 Å². The number of unbranched alkanes of at least 4 members (excludes halogenated alkanes) is 1. The molecule has 2 aromatic rings. The molecule has 2 aromatic carbocycles. The Morgan fingerprint density at radius 3 is 2.59 bits per heavy atom. The molecule has 2 heterocycles. The first kappa shape index (κ1) is 17.5. The van der Waals surface area contributed by atoms with E-state index in [-0.39, 0.29) is 11.9 Å². The molecule has 0 spiro atoms. The maximum Gasteiger partial charge on any atom is 0.501 e. The van der Waals surface area contributed by atoms with Gasteiger partial charge in [-0.1, -0.05) is 49.7 Å². The third kappa shape index (κ3) is 2.93. The molecule has 0 aromatic heterocycles. The average Bonchev–Trinajstić information content (AvgIpc) is 3.06. The molecule has 0 saturated heterocycles. The van der Waals surface area contributed by atoms with E-state index in [4.69, 9.17) is 4.74 Å². The third-order valence-electron chi connectivity index (χ3n) is 5.22. The number of hydrogen-bond acceptors (Lipinski definition) is 3. The number of amides is 3. The fourth-order valence-electron chi connectivity index (χ4n) is 3.68. The number of nitrogens with zero attached hydrogens (tertiary/aromatic N) is 2. The second-order valence-corrected chi connectivity index (χ2v) is 7.02. The lowest BCUT2D eigenvalue weighted by Gasteiger charge is -2.24. The second-order valence-electron chi connectivity index (χ2n) is 7.02. The molecule has 0 fully saturated rings. The molecular formula is C22H23N2O3+. The minimum atomic E-state index is -0.749. The van der Waals surface area contributed by atoms with Crippen LogP contribution >= 0.6 is 0 Å². The molecule has 4 rings (SSSR count). The summed E-state index contributed by atoms with van der Waals surface area (Å²) in [7, 11) is 0. The Bertz CT molecular complexity index is 948. The first-order valence-corrected chi connectivity index (χ1v) is 9.42. The van der Waals surface area contributed by atoms with E-state index in [1.54, 1.807) is 4.58 Å². The molecular weight excluding hydrogens is 340 g/mol. The molecule has 0 aliphatic carbocycles. The van der Waals surface area contributed by atoms with Gasteiger partial charge in [-0.25, -0.2) is 4.79 Å². The van der Waals surface area contributed by atoms with Crippen LogP contribution in [0.1, 0.15) is 36.5 Å². The summed E-state index contributed by atoms with van der Waals surface area (Å²) in [5.41, 5.74) is 3.67. The summed E-state index contributed by atoms with van der Waals surface area (Å²) in [5, 5.41) is 0. The van der Waals surface area contributed by atoms with Crippen LogP contribution in [0.3, 0.4) is 0 Å². The fourth-order valence-corrected chi connectivity index (χ4v) is 3.68. The van der Waals surface area contributed by atoms with E-state index in [0.29, 0.717) is 24.6 Å². The zero-order chi connectivity index (χ0) is 19.0. The first-order chi connectivity index (χ1) is 13.1. The lowest BCUT2D eigenvalue weighted by Crippen LogP contribution is -2.57. The molecule has 0 radical (unpaired) electrons. The van der Waals surface area contributed by atoms with E-state index in [2.05, 4.69) is 0 Å². The topological polar surface area (TPSA) is 49.6 Å². The SMILES string of the molecule is CCCCN1C(=O)C2Oc3ccccc3C2=[N+](Cc2ccccc2C)C1=O. The zero-order valence-electron chi connectivity index (χ0n) is 15.6. The molecule has 1 unspecified atom stereocenters. The van der Waals surface area contributed by atoms with E-state index in [0.717, 1.165) is 29.5 Å². The van der Waals surface area contributed by atoms with Crippen molar-refractivity contribution in [1.29, 1.82) is 0 Å². The van der Waals surface area contributed by atoms with Crippen LogP contribution < -0.4 is 4.74 Å². The van der Waals surface area contributed by atoms with Gasteiger partial charge in [-0.15, -0.1) is 0 Å². The molecule has 0 saturated carbocycles. The van der Waals surface area contributed by atoms with Crippen LogP contribution in [0.2, 0.25) is 0 Å². The number of fused-ring (bicyclic) bond motifs is 3. The van der Waals surface area contributed by atoms with E-state index in [1.807, 2.05) is 62.4 Å². The maximum absolute atomic E-state index is 13.3. The number of hydrogen-bond donors (Lipinski definition) is 0. The van der Waals surface area contributed by atoms with Gasteiger partial charge in [0.1, 0.15) is 12.3 Å². The van der Waals surface area contributed by atoms with Crippen LogP contribution in [0.25, 0.3) is 0 Å². The van der Waals surface area contributed by atoms with Gasteiger partial charge in [-0.2, -0.15) is 14.3 Å². The highest BCUT2D eigenvalue weighted by Crippen LogP contribution is 2.32. The Balaban J connectivity index is 1.84. The summed E-state index contributed by atoms with van der Waals surface area (Å²) in [6.45, 7) is 4.92. The number of benzene rings is 2. The molecule has 5 nitrogen and oxygen atoms in total. The second kappa shape index (κ2) is 6.99. The Morgan fingerprint density at radius 2 is 1.81 bits per heavy atom. The van der Waals surface area contributed by atoms with E-state index in [9.17, 15) is 9.59 Å². The van der Waals surface area contributed by atoms with Crippen LogP contribution in [-0.2, 0) is 11.3 Å². The van der Waals surface area contributed by atoms with Gasteiger partial charge in [0.05, 0.1) is 12.1 Å². The van der Waals surface area contributed by atoms with Gasteiger partial charge >= 0.3 is 11.9 Å². The van der Waals surface area contributed by atoms with E-state index in [1.165, 1.54) is 4.90 Å². The molecule has 3 amide bonds. The standard InChI is InChI=1S/C22H23N2O3/c1-3-4-13-23-21(25)20-19(17-11-7-8-12-18(17)27-20)24(22(23)26)14-16-10-6-5-9-15(16)2/h5-12,20H,3-4,13-14H2,1-2H3/q+1. The van der Waals surface area contributed by atoms with E-state index >= 15 is 0 Å². The molecule has 0 N–H and O–H groups in total. The molecule has 2 aliphatic rings. The fraction of sp³-hybridized carbons (Fsp3) is 0.318. The average molecular weight is 363 g/mol. The number of urea groups is 1. The molecule has 5 heteroatoms. The van der Waals surface area contributed by atoms with Crippen molar-refractivity contribution in [2.75, 3.05) is 6.54 Å². The molecule has 27 heavy (non-hydrogen) atoms. The number of carbonyl (C=O) groups is 2. The van der Waals surface area contributed by atoms with Crippen molar-refractivity contribution in [2.24, 2.45) is 0 Å². The van der Waals surface area contributed by atoms with Crippen molar-refractivity contribution in [1.82, 2.24) is 4.90 Å². The lowest BCUT2D eigenvalue weighted by atomic mass is 10.0. The Hall–Kier alpha value is -2.95. The van der Waals surface area contributed by atoms with Crippen LogP contribution in [0.4, 0.5) is 4.79 Å². The number of para-hydroxylation sites is 1. The highest BCUT2D eigenvalue weighted by atomic mass is 16.5. The van der Waals surface area contributed by atoms with Crippen LogP contribution in [0, 0.1) is 6.92 Å². The maximum atomic E-state index is 13.3. The minimum absolute atomic E-state index is 0.261. The van der Waals surface area contributed by atoms with Gasteiger partial charge in [-0.3, -0.25) is 0 Å². The smallest absolute Gasteiger partial charge is 0.469 e. The van der Waals surface area contributed by atoms with Gasteiger partial charge in [0.25, 0.3) is 6.10 Å². The van der Waals surface area contributed by atoms with Crippen molar-refractivity contribution in [3.63, 3.8) is 0 Å². The normalized spacial score (nSPS) is 18.4. The summed E-state index contributed by atoms with van der Waals surface area (Å²) < 4.78 is 7.68. The summed E-state index contributed by atoms with van der Waals surface area (Å²) in [5.74, 6) is 0.395. The first-order valence-electron chi connectivity index (χ1n) is 9.42. The van der Waals surface area contributed by atoms with E-state index < -0.39 is 6.10 Å². The summed E-state index contributed by atoms with van der Waals surface area (Å²) in [6, 6.07) is 15.3. The molecule has 0 bridgehead atoms. The minimum Gasteiger partial charge on any atom is -0.469 e. The predicted octanol–water partition coefficient (Wildman–Crippen LogP) is 3.52. The Labute approximate surface area is 158 Å². The number of rotatable bonds is 5. The van der Waals surface area contributed by atoms with Gasteiger partial charge in [-0.05, 0) is 36.6 Å². The van der Waals surface area contributed by atoms with Gasteiger partial charge in [0.2, 0.25) is 0 Å². The number of ether oxygens (including phenoxy) is 1. The number of imide groups is 1. The summed E-state index contributed by atoms with van der Waals surface area (Å²) in [4.78, 5) is 27.6. The highest BCUT2D eigenvalue weighted by molar-refractivity contribution is 6.21. The van der Waals surface area contributed by atoms with Gasteiger partial charge in [0, 0.05) is 0 Å². The lowest BCUT2D eigenvalue weighted by molar-refractivity contribution is -0.456. The van der Waals surface area contributed by atoms with Crippen molar-refractivity contribution >= 4 is 17.6 Å². The van der Waals surface area contributed by atoms with Gasteiger partial charge < -0.3 is 4.74 Å². The Morgan fingerprint density at radius 1 is 1.07 bits per heavy atom. The van der Waals surface area contributed by atoms with Crippen molar-refractivity contribution in [3.05, 3.63) is 65.2 Å². The molecule has 1 atom stereocenters. The van der Waals surface area contributed by atoms with Gasteiger partial charge in [0.15, 0.2) is 5.71 Å². The van der Waals surface area contributed by atoms with Crippen molar-refractivity contribution < 1.29 is 18.9 Å². The van der Waals surface area contributed by atoms with Crippen molar-refractivity contribution in [3.8, 4) is 5.75 Å². The molecule has 2 aliphatic heterocycles. The molecule has 138 valence electrons. The predicted molar refractivity (Wildman–Crippen MR) is 102 cm³/mol. The Kier molecular flexibility index (Phi) is 4.52.